The molecule has 0 saturated heterocycles. The van der Waals surface area contributed by atoms with Gasteiger partial charge in [0, 0.05) is 5.56 Å². The molecule has 0 atom stereocenters. The lowest BCUT2D eigenvalue weighted by Gasteiger charge is -2.08. The number of rotatable bonds is 8. The predicted molar refractivity (Wildman–Crippen MR) is 146 cm³/mol. The number of hydrogen-bond donors (Lipinski definition) is 1. The van der Waals surface area contributed by atoms with E-state index >= 15 is 0 Å². The third-order valence-electron chi connectivity index (χ3n) is 6.07. The number of methoxy groups -OCH3 is 4. The zero-order valence-corrected chi connectivity index (χ0v) is 22.1. The highest BCUT2D eigenvalue weighted by molar-refractivity contribution is 6.07. The van der Waals surface area contributed by atoms with Crippen LogP contribution in [-0.4, -0.2) is 55.9 Å². The van der Waals surface area contributed by atoms with Crippen molar-refractivity contribution >= 4 is 23.3 Å². The molecule has 39 heavy (non-hydrogen) atoms. The summed E-state index contributed by atoms with van der Waals surface area (Å²) in [6, 6.07) is 18.5. The number of carbonyl (C=O) groups is 2. The quantitative estimate of drug-likeness (QED) is 0.262. The highest BCUT2D eigenvalue weighted by Gasteiger charge is 2.21. The van der Waals surface area contributed by atoms with E-state index in [2.05, 4.69) is 10.1 Å². The summed E-state index contributed by atoms with van der Waals surface area (Å²) in [6.45, 7) is 1.65. The van der Waals surface area contributed by atoms with Crippen LogP contribution in [0.2, 0.25) is 0 Å². The van der Waals surface area contributed by atoms with Gasteiger partial charge in [0.05, 0.1) is 67.9 Å². The Kier molecular flexibility index (Phi) is 7.95. The number of nitrogens with one attached hydrogen (secondary N) is 1. The predicted octanol–water partition coefficient (Wildman–Crippen LogP) is 4.56. The topological polar surface area (TPSA) is 121 Å². The molecule has 0 unspecified atom stereocenters. The van der Waals surface area contributed by atoms with Gasteiger partial charge in [-0.3, -0.25) is 14.9 Å². The van der Waals surface area contributed by atoms with E-state index in [1.165, 1.54) is 37.1 Å². The number of aliphatic imine (C=N–C) groups is 1. The van der Waals surface area contributed by atoms with E-state index in [-0.39, 0.29) is 27.9 Å². The zero-order valence-electron chi connectivity index (χ0n) is 22.1. The lowest BCUT2D eigenvalue weighted by Crippen LogP contribution is -2.19. The van der Waals surface area contributed by atoms with E-state index in [0.29, 0.717) is 34.2 Å². The van der Waals surface area contributed by atoms with Gasteiger partial charge in [0.15, 0.2) is 0 Å². The monoisotopic (exact) mass is 529 g/mol. The van der Waals surface area contributed by atoms with Crippen molar-refractivity contribution in [3.05, 3.63) is 93.8 Å². The van der Waals surface area contributed by atoms with Gasteiger partial charge in [-0.15, -0.1) is 0 Å². The molecule has 1 heterocycles. The Morgan fingerprint density at radius 2 is 1.38 bits per heavy atom. The summed E-state index contributed by atoms with van der Waals surface area (Å²) in [5, 5.41) is 3.19. The standard InChI is InChI=1S/C29H27N3O7/c1-17(30-24-16-19(28(34)38-4)8-15-23(24)29(35)39-5)25-26(18-6-11-21(36-2)12-7-18)31-32(27(25)33)20-9-13-22(37-3)14-10-20/h6-16,31H,1-5H3. The molecule has 1 aromatic heterocycles. The van der Waals surface area contributed by atoms with Crippen LogP contribution in [0.1, 0.15) is 33.2 Å². The Bertz CT molecular complexity index is 1600. The minimum Gasteiger partial charge on any atom is -0.497 e. The van der Waals surface area contributed by atoms with Crippen LogP contribution in [0.15, 0.2) is 76.5 Å². The van der Waals surface area contributed by atoms with Crippen molar-refractivity contribution in [2.75, 3.05) is 28.4 Å². The molecule has 0 spiro atoms. The fraction of sp³-hybridized carbons (Fsp3) is 0.172. The third kappa shape index (κ3) is 5.45. The minimum absolute atomic E-state index is 0.126. The van der Waals surface area contributed by atoms with Crippen LogP contribution in [0.3, 0.4) is 0 Å². The first-order chi connectivity index (χ1) is 18.8. The summed E-state index contributed by atoms with van der Waals surface area (Å²) >= 11 is 0. The summed E-state index contributed by atoms with van der Waals surface area (Å²) in [7, 11) is 5.64. The Labute approximate surface area is 224 Å². The smallest absolute Gasteiger partial charge is 0.340 e. The van der Waals surface area contributed by atoms with Gasteiger partial charge in [0.2, 0.25) is 0 Å². The van der Waals surface area contributed by atoms with Crippen LogP contribution in [0, 0.1) is 0 Å². The van der Waals surface area contributed by atoms with Crippen molar-refractivity contribution in [1.29, 1.82) is 0 Å². The molecule has 0 saturated carbocycles. The normalized spacial score (nSPS) is 11.2. The van der Waals surface area contributed by atoms with E-state index < -0.39 is 11.9 Å². The number of ether oxygens (including phenoxy) is 4. The Morgan fingerprint density at radius 3 is 1.95 bits per heavy atom. The van der Waals surface area contributed by atoms with E-state index in [4.69, 9.17) is 18.9 Å². The van der Waals surface area contributed by atoms with Crippen molar-refractivity contribution < 1.29 is 28.5 Å². The van der Waals surface area contributed by atoms with Crippen molar-refractivity contribution in [1.82, 2.24) is 9.78 Å². The second-order valence-electron chi connectivity index (χ2n) is 8.34. The fourth-order valence-electron chi connectivity index (χ4n) is 4.04. The molecule has 200 valence electrons. The summed E-state index contributed by atoms with van der Waals surface area (Å²) < 4.78 is 21.6. The van der Waals surface area contributed by atoms with Crippen LogP contribution < -0.4 is 15.0 Å². The summed E-state index contributed by atoms with van der Waals surface area (Å²) in [6.07, 6.45) is 0. The van der Waals surface area contributed by atoms with E-state index in [1.807, 2.05) is 12.1 Å². The van der Waals surface area contributed by atoms with Gasteiger partial charge in [-0.2, -0.15) is 0 Å². The molecule has 0 aliphatic carbocycles. The number of aromatic nitrogens is 2. The molecular formula is C29H27N3O7. The van der Waals surface area contributed by atoms with Gasteiger partial charge in [0.25, 0.3) is 5.56 Å². The lowest BCUT2D eigenvalue weighted by atomic mass is 10.0. The summed E-state index contributed by atoms with van der Waals surface area (Å²) in [4.78, 5) is 43.0. The van der Waals surface area contributed by atoms with Crippen LogP contribution in [0.5, 0.6) is 11.5 Å². The van der Waals surface area contributed by atoms with Crippen LogP contribution in [0.25, 0.3) is 16.9 Å². The number of hydrogen-bond acceptors (Lipinski definition) is 8. The van der Waals surface area contributed by atoms with Gasteiger partial charge in [-0.1, -0.05) is 0 Å². The van der Waals surface area contributed by atoms with E-state index in [1.54, 1.807) is 57.5 Å². The number of aromatic amines is 1. The van der Waals surface area contributed by atoms with Gasteiger partial charge < -0.3 is 18.9 Å². The molecular weight excluding hydrogens is 502 g/mol. The van der Waals surface area contributed by atoms with Gasteiger partial charge in [-0.25, -0.2) is 14.3 Å². The SMILES string of the molecule is COC(=O)c1ccc(C(=O)OC)c(N=C(C)c2c(-c3ccc(OC)cc3)[nH]n(-c3ccc(OC)cc3)c2=O)c1. The molecule has 3 aromatic carbocycles. The van der Waals surface area contributed by atoms with Gasteiger partial charge in [-0.05, 0) is 73.7 Å². The second kappa shape index (κ2) is 11.5. The van der Waals surface area contributed by atoms with Crippen molar-refractivity contribution in [2.24, 2.45) is 4.99 Å². The van der Waals surface area contributed by atoms with Crippen LogP contribution in [-0.2, 0) is 9.47 Å². The highest BCUT2D eigenvalue weighted by atomic mass is 16.5. The average molecular weight is 530 g/mol. The first-order valence-corrected chi connectivity index (χ1v) is 11.8. The van der Waals surface area contributed by atoms with Crippen molar-refractivity contribution in [2.45, 2.75) is 6.92 Å². The largest absolute Gasteiger partial charge is 0.497 e. The minimum atomic E-state index is -0.641. The lowest BCUT2D eigenvalue weighted by molar-refractivity contribution is 0.0587. The second-order valence-corrected chi connectivity index (χ2v) is 8.34. The average Bonchev–Trinajstić information content (AvgIpc) is 3.33. The van der Waals surface area contributed by atoms with Gasteiger partial charge in [0.1, 0.15) is 11.5 Å². The summed E-state index contributed by atoms with van der Waals surface area (Å²) in [5.74, 6) is 0.0681. The van der Waals surface area contributed by atoms with Gasteiger partial charge >= 0.3 is 11.9 Å². The molecule has 0 fully saturated rings. The first-order valence-electron chi connectivity index (χ1n) is 11.8. The molecule has 0 bridgehead atoms. The number of esters is 2. The molecule has 4 rings (SSSR count). The third-order valence-corrected chi connectivity index (χ3v) is 6.07. The number of H-pyrrole nitrogens is 1. The van der Waals surface area contributed by atoms with Crippen LogP contribution >= 0.6 is 0 Å². The molecule has 0 aliphatic heterocycles. The Balaban J connectivity index is 1.94. The zero-order chi connectivity index (χ0) is 28.1. The maximum Gasteiger partial charge on any atom is 0.340 e. The Hall–Kier alpha value is -5.12. The maximum absolute atomic E-state index is 13.8. The fourth-order valence-corrected chi connectivity index (χ4v) is 4.04. The van der Waals surface area contributed by atoms with Crippen LogP contribution in [0.4, 0.5) is 5.69 Å². The number of benzene rings is 3. The molecule has 0 amide bonds. The van der Waals surface area contributed by atoms with Crippen molar-refractivity contribution in [3.63, 3.8) is 0 Å². The first kappa shape index (κ1) is 26.9. The van der Waals surface area contributed by atoms with Crippen molar-refractivity contribution in [3.8, 4) is 28.4 Å². The molecule has 10 nitrogen and oxygen atoms in total. The Morgan fingerprint density at radius 1 is 0.795 bits per heavy atom. The number of carbonyl (C=O) groups excluding carboxylic acids is 2. The van der Waals surface area contributed by atoms with E-state index in [9.17, 15) is 14.4 Å². The molecule has 1 N–H and O–H groups in total. The molecule has 10 heteroatoms. The molecule has 0 radical (unpaired) electrons. The number of nitrogens with zero attached hydrogens (tertiary/aromatic N) is 2. The summed E-state index contributed by atoms with van der Waals surface area (Å²) in [5.41, 5.74) is 2.48. The van der Waals surface area contributed by atoms with E-state index in [0.717, 1.165) is 0 Å². The maximum atomic E-state index is 13.8. The molecule has 4 aromatic rings. The molecule has 0 aliphatic rings. The highest BCUT2D eigenvalue weighted by Crippen LogP contribution is 2.28.